The lowest BCUT2D eigenvalue weighted by molar-refractivity contribution is -0.119. The number of morpholine rings is 1. The van der Waals surface area contributed by atoms with Crippen LogP contribution in [-0.4, -0.2) is 79.8 Å². The minimum absolute atomic E-state index is 0.0552. The van der Waals surface area contributed by atoms with Gasteiger partial charge in [0.2, 0.25) is 26.0 Å². The van der Waals surface area contributed by atoms with Gasteiger partial charge in [0.25, 0.3) is 0 Å². The first-order valence-electron chi connectivity index (χ1n) is 11.2. The zero-order valence-corrected chi connectivity index (χ0v) is 21.5. The number of benzene rings is 2. The summed E-state index contributed by atoms with van der Waals surface area (Å²) in [6.45, 7) is 1.16. The monoisotopic (exact) mass is 525 g/mol. The lowest BCUT2D eigenvalue weighted by atomic mass is 10.1. The Morgan fingerprint density at radius 2 is 1.66 bits per heavy atom. The standard InChI is InChI=1S/C23H31N3O7S2/c1-32-21-9-5-19(6-10-21)4-3-13-24-23(27)18-26(34(2,28)29)20-7-11-22(12-8-20)35(30,31)25-14-16-33-17-15-25/h5-12H,3-4,13-18H2,1-2H3,(H,24,27). The highest BCUT2D eigenvalue weighted by Crippen LogP contribution is 2.23. The summed E-state index contributed by atoms with van der Waals surface area (Å²) in [5, 5.41) is 2.74. The molecule has 0 unspecified atom stereocenters. The number of nitrogens with zero attached hydrogens (tertiary/aromatic N) is 2. The second-order valence-corrected chi connectivity index (χ2v) is 11.9. The van der Waals surface area contributed by atoms with Crippen LogP contribution in [0.15, 0.2) is 53.4 Å². The highest BCUT2D eigenvalue weighted by Gasteiger charge is 2.27. The van der Waals surface area contributed by atoms with Crippen molar-refractivity contribution in [2.75, 3.05) is 57.1 Å². The van der Waals surface area contributed by atoms with Gasteiger partial charge in [0, 0.05) is 19.6 Å². The van der Waals surface area contributed by atoms with Gasteiger partial charge in [-0.15, -0.1) is 0 Å². The van der Waals surface area contributed by atoms with Crippen LogP contribution in [0.2, 0.25) is 0 Å². The number of rotatable bonds is 11. The maximum absolute atomic E-state index is 12.8. The number of anilines is 1. The van der Waals surface area contributed by atoms with Crippen molar-refractivity contribution in [3.63, 3.8) is 0 Å². The molecule has 0 bridgehead atoms. The van der Waals surface area contributed by atoms with Crippen molar-refractivity contribution in [2.45, 2.75) is 17.7 Å². The van der Waals surface area contributed by atoms with Crippen LogP contribution in [-0.2, 0) is 36.0 Å². The number of ether oxygens (including phenoxy) is 2. The number of carbonyl (C=O) groups excluding carboxylic acids is 1. The van der Waals surface area contributed by atoms with Crippen LogP contribution in [0.4, 0.5) is 5.69 Å². The van der Waals surface area contributed by atoms with Crippen molar-refractivity contribution in [3.8, 4) is 5.75 Å². The number of sulfonamides is 2. The van der Waals surface area contributed by atoms with Gasteiger partial charge < -0.3 is 14.8 Å². The SMILES string of the molecule is COc1ccc(CCCNC(=O)CN(c2ccc(S(=O)(=O)N3CCOCC3)cc2)S(C)(=O)=O)cc1. The van der Waals surface area contributed by atoms with Crippen molar-refractivity contribution in [2.24, 2.45) is 0 Å². The summed E-state index contributed by atoms with van der Waals surface area (Å²) in [5.41, 5.74) is 1.31. The maximum atomic E-state index is 12.8. The molecule has 10 nitrogen and oxygen atoms in total. The lowest BCUT2D eigenvalue weighted by Gasteiger charge is -2.26. The van der Waals surface area contributed by atoms with E-state index >= 15 is 0 Å². The maximum Gasteiger partial charge on any atom is 0.243 e. The van der Waals surface area contributed by atoms with Gasteiger partial charge in [0.15, 0.2) is 0 Å². The second-order valence-electron chi connectivity index (χ2n) is 8.08. The van der Waals surface area contributed by atoms with E-state index in [9.17, 15) is 21.6 Å². The molecule has 1 saturated heterocycles. The Labute approximate surface area is 206 Å². The van der Waals surface area contributed by atoms with Crippen LogP contribution in [0, 0.1) is 0 Å². The van der Waals surface area contributed by atoms with Crippen LogP contribution in [0.3, 0.4) is 0 Å². The molecule has 0 saturated carbocycles. The number of hydrogen-bond donors (Lipinski definition) is 1. The molecule has 1 amide bonds. The average molecular weight is 526 g/mol. The van der Waals surface area contributed by atoms with Gasteiger partial charge in [-0.25, -0.2) is 16.8 Å². The Bertz CT molecular complexity index is 1190. The van der Waals surface area contributed by atoms with Gasteiger partial charge in [-0.3, -0.25) is 9.10 Å². The Morgan fingerprint density at radius 1 is 1.03 bits per heavy atom. The number of amides is 1. The predicted molar refractivity (Wildman–Crippen MR) is 133 cm³/mol. The number of aryl methyl sites for hydroxylation is 1. The molecule has 0 aromatic heterocycles. The molecule has 1 fully saturated rings. The van der Waals surface area contributed by atoms with Crippen molar-refractivity contribution in [1.29, 1.82) is 0 Å². The minimum atomic E-state index is -3.78. The zero-order chi connectivity index (χ0) is 25.5. The van der Waals surface area contributed by atoms with E-state index in [1.54, 1.807) is 7.11 Å². The van der Waals surface area contributed by atoms with Gasteiger partial charge in [-0.05, 0) is 54.8 Å². The van der Waals surface area contributed by atoms with Gasteiger partial charge in [-0.1, -0.05) is 12.1 Å². The van der Waals surface area contributed by atoms with Crippen LogP contribution in [0.25, 0.3) is 0 Å². The zero-order valence-electron chi connectivity index (χ0n) is 19.8. The fraction of sp³-hybridized carbons (Fsp3) is 0.435. The molecule has 192 valence electrons. The summed E-state index contributed by atoms with van der Waals surface area (Å²) >= 11 is 0. The summed E-state index contributed by atoms with van der Waals surface area (Å²) in [6, 6.07) is 13.1. The molecule has 1 heterocycles. The summed E-state index contributed by atoms with van der Waals surface area (Å²) < 4.78 is 62.9. The molecular formula is C23H31N3O7S2. The van der Waals surface area contributed by atoms with Crippen molar-refractivity contribution >= 4 is 31.6 Å². The third-order valence-corrected chi connectivity index (χ3v) is 8.60. The van der Waals surface area contributed by atoms with E-state index in [0.717, 1.165) is 28.3 Å². The molecule has 2 aromatic carbocycles. The molecule has 35 heavy (non-hydrogen) atoms. The minimum Gasteiger partial charge on any atom is -0.497 e. The molecule has 0 atom stereocenters. The predicted octanol–water partition coefficient (Wildman–Crippen LogP) is 1.23. The van der Waals surface area contributed by atoms with E-state index in [0.29, 0.717) is 26.2 Å². The second kappa shape index (κ2) is 11.8. The van der Waals surface area contributed by atoms with Crippen LogP contribution in [0.1, 0.15) is 12.0 Å². The van der Waals surface area contributed by atoms with E-state index in [1.165, 1.54) is 28.6 Å². The van der Waals surface area contributed by atoms with E-state index in [4.69, 9.17) is 9.47 Å². The number of nitrogens with one attached hydrogen (secondary N) is 1. The Morgan fingerprint density at radius 3 is 2.23 bits per heavy atom. The Kier molecular flexibility index (Phi) is 9.11. The van der Waals surface area contributed by atoms with Crippen molar-refractivity contribution < 1.29 is 31.1 Å². The smallest absolute Gasteiger partial charge is 0.243 e. The van der Waals surface area contributed by atoms with Gasteiger partial charge in [-0.2, -0.15) is 4.31 Å². The molecule has 2 aromatic rings. The average Bonchev–Trinajstić information content (AvgIpc) is 2.85. The number of hydrogen-bond acceptors (Lipinski definition) is 7. The molecule has 0 aliphatic carbocycles. The van der Waals surface area contributed by atoms with Gasteiger partial charge >= 0.3 is 0 Å². The normalized spacial score (nSPS) is 14.9. The molecule has 3 rings (SSSR count). The summed E-state index contributed by atoms with van der Waals surface area (Å²) in [7, 11) is -5.88. The molecule has 0 spiro atoms. The largest absolute Gasteiger partial charge is 0.497 e. The van der Waals surface area contributed by atoms with E-state index in [1.807, 2.05) is 24.3 Å². The first kappa shape index (κ1) is 26.9. The van der Waals surface area contributed by atoms with E-state index in [-0.39, 0.29) is 23.7 Å². The number of carbonyl (C=O) groups is 1. The van der Waals surface area contributed by atoms with Crippen LogP contribution >= 0.6 is 0 Å². The summed E-state index contributed by atoms with van der Waals surface area (Å²) in [6.07, 6.45) is 2.44. The Balaban J connectivity index is 1.58. The van der Waals surface area contributed by atoms with Crippen LogP contribution < -0.4 is 14.4 Å². The van der Waals surface area contributed by atoms with Gasteiger partial charge in [0.1, 0.15) is 12.3 Å². The molecule has 12 heteroatoms. The van der Waals surface area contributed by atoms with E-state index in [2.05, 4.69) is 5.32 Å². The van der Waals surface area contributed by atoms with Gasteiger partial charge in [0.05, 0.1) is 37.2 Å². The highest BCUT2D eigenvalue weighted by molar-refractivity contribution is 7.92. The summed E-state index contributed by atoms with van der Waals surface area (Å²) in [4.78, 5) is 12.5. The molecule has 1 aliphatic heterocycles. The topological polar surface area (TPSA) is 122 Å². The fourth-order valence-corrected chi connectivity index (χ4v) is 5.88. The Hall–Kier alpha value is -2.67. The first-order valence-corrected chi connectivity index (χ1v) is 14.5. The molecule has 1 N–H and O–H groups in total. The third-order valence-electron chi connectivity index (χ3n) is 5.54. The molecule has 0 radical (unpaired) electrons. The third kappa shape index (κ3) is 7.40. The molecule has 1 aliphatic rings. The number of methoxy groups -OCH3 is 1. The van der Waals surface area contributed by atoms with Crippen LogP contribution in [0.5, 0.6) is 5.75 Å². The van der Waals surface area contributed by atoms with Crippen molar-refractivity contribution in [3.05, 3.63) is 54.1 Å². The van der Waals surface area contributed by atoms with Crippen molar-refractivity contribution in [1.82, 2.24) is 9.62 Å². The van der Waals surface area contributed by atoms with E-state index < -0.39 is 32.5 Å². The fourth-order valence-electron chi connectivity index (χ4n) is 3.62. The first-order chi connectivity index (χ1) is 16.6. The highest BCUT2D eigenvalue weighted by atomic mass is 32.2. The quantitative estimate of drug-likeness (QED) is 0.438. The summed E-state index contributed by atoms with van der Waals surface area (Å²) in [5.74, 6) is 0.324. The molecular weight excluding hydrogens is 494 g/mol. The lowest BCUT2D eigenvalue weighted by Crippen LogP contribution is -2.41.